The van der Waals surface area contributed by atoms with Gasteiger partial charge in [-0.25, -0.2) is 9.99 Å². The molecule has 0 atom stereocenters. The second-order valence-electron chi connectivity index (χ2n) is 9.47. The fourth-order valence-electron chi connectivity index (χ4n) is 4.34. The highest BCUT2D eigenvalue weighted by Gasteiger charge is 2.47. The van der Waals surface area contributed by atoms with E-state index in [-0.39, 0.29) is 38.2 Å². The summed E-state index contributed by atoms with van der Waals surface area (Å²) in [4.78, 5) is 34.4. The topological polar surface area (TPSA) is 211 Å². The number of nitrogen functional groups attached to an aromatic ring is 1. The fourth-order valence-corrected chi connectivity index (χ4v) is 4.34. The summed E-state index contributed by atoms with van der Waals surface area (Å²) in [5.41, 5.74) is 3.57. The molecule has 0 unspecified atom stereocenters. The Morgan fingerprint density at radius 3 is 2.27 bits per heavy atom. The van der Waals surface area contributed by atoms with E-state index < -0.39 is 47.2 Å². The van der Waals surface area contributed by atoms with Crippen LogP contribution in [0.5, 0.6) is 0 Å². The van der Waals surface area contributed by atoms with Crippen molar-refractivity contribution in [2.24, 2.45) is 5.92 Å². The van der Waals surface area contributed by atoms with Crippen molar-refractivity contribution in [2.75, 3.05) is 12.8 Å². The van der Waals surface area contributed by atoms with Gasteiger partial charge in [-0.3, -0.25) is 14.6 Å². The van der Waals surface area contributed by atoms with Crippen molar-refractivity contribution in [1.29, 1.82) is 0 Å². The van der Waals surface area contributed by atoms with Crippen LogP contribution >= 0.6 is 0 Å². The lowest BCUT2D eigenvalue weighted by Gasteiger charge is -2.40. The molecule has 1 fully saturated rings. The molecule has 0 aliphatic heterocycles. The van der Waals surface area contributed by atoms with Gasteiger partial charge in [0.1, 0.15) is 11.5 Å². The SMILES string of the molecule is CN(C(=O)C1CC1)N(C(=O)c1ccc2nc(N)c3cnn(C(O)(O)O)c3c2c1)C(O)(O)c1ccc(C(F)(F)F)cn1. The monoisotopic (exact) mass is 577 g/mol. The van der Waals surface area contributed by atoms with Crippen LogP contribution < -0.4 is 5.73 Å². The molecule has 0 saturated heterocycles. The zero-order valence-electron chi connectivity index (χ0n) is 21.0. The average molecular weight is 577 g/mol. The maximum Gasteiger partial charge on any atom is 0.417 e. The number of nitrogens with two attached hydrogens (primary N) is 1. The van der Waals surface area contributed by atoms with Gasteiger partial charge in [0, 0.05) is 30.1 Å². The molecule has 3 aromatic heterocycles. The Hall–Kier alpha value is -4.42. The van der Waals surface area contributed by atoms with Crippen molar-refractivity contribution in [2.45, 2.75) is 31.0 Å². The Bertz CT molecular complexity index is 1680. The first kappa shape index (κ1) is 28.1. The Kier molecular flexibility index (Phi) is 6.39. The van der Waals surface area contributed by atoms with Gasteiger partial charge in [-0.15, -0.1) is 0 Å². The van der Waals surface area contributed by atoms with Crippen molar-refractivity contribution in [3.05, 3.63) is 59.5 Å². The lowest BCUT2D eigenvalue weighted by Crippen LogP contribution is -2.59. The molecule has 0 bridgehead atoms. The quantitative estimate of drug-likeness (QED) is 0.139. The molecule has 4 aromatic rings. The summed E-state index contributed by atoms with van der Waals surface area (Å²) in [6.45, 7) is 0. The first-order valence-corrected chi connectivity index (χ1v) is 11.9. The van der Waals surface area contributed by atoms with Crippen LogP contribution in [0, 0.1) is 5.92 Å². The summed E-state index contributed by atoms with van der Waals surface area (Å²) < 4.78 is 39.5. The van der Waals surface area contributed by atoms with Crippen LogP contribution in [0.25, 0.3) is 21.8 Å². The largest absolute Gasteiger partial charge is 0.417 e. The highest BCUT2D eigenvalue weighted by Crippen LogP contribution is 2.36. The van der Waals surface area contributed by atoms with E-state index in [4.69, 9.17) is 5.73 Å². The molecule has 17 heteroatoms. The number of hydrogen-bond donors (Lipinski definition) is 6. The molecule has 1 saturated carbocycles. The maximum atomic E-state index is 13.8. The third-order valence-electron chi connectivity index (χ3n) is 6.54. The van der Waals surface area contributed by atoms with Gasteiger partial charge in [0.25, 0.3) is 5.91 Å². The Morgan fingerprint density at radius 2 is 1.71 bits per heavy atom. The summed E-state index contributed by atoms with van der Waals surface area (Å²) in [5.74, 6) is -5.91. The first-order chi connectivity index (χ1) is 19.0. The molecule has 14 nitrogen and oxygen atoms in total. The predicted octanol–water partition coefficient (Wildman–Crippen LogP) is 0.146. The van der Waals surface area contributed by atoms with E-state index in [9.17, 15) is 48.3 Å². The summed E-state index contributed by atoms with van der Waals surface area (Å²) in [6, 6.07) is 4.78. The van der Waals surface area contributed by atoms with E-state index in [1.165, 1.54) is 12.1 Å². The lowest BCUT2D eigenvalue weighted by atomic mass is 10.1. The number of hydrazine groups is 1. The summed E-state index contributed by atoms with van der Waals surface area (Å²) in [6.07, 6.45) is -5.88. The minimum Gasteiger partial charge on any atom is -0.383 e. The van der Waals surface area contributed by atoms with Crippen LogP contribution in [-0.2, 0) is 23.0 Å². The number of pyridine rings is 2. The molecular weight excluding hydrogens is 555 g/mol. The third kappa shape index (κ3) is 4.89. The van der Waals surface area contributed by atoms with Crippen LogP contribution in [0.4, 0.5) is 19.0 Å². The third-order valence-corrected chi connectivity index (χ3v) is 6.54. The van der Waals surface area contributed by atoms with Gasteiger partial charge in [-0.2, -0.15) is 28.0 Å². The van der Waals surface area contributed by atoms with Gasteiger partial charge in [-0.05, 0) is 43.2 Å². The van der Waals surface area contributed by atoms with Crippen LogP contribution in [0.3, 0.4) is 0 Å². The van der Waals surface area contributed by atoms with E-state index in [1.807, 2.05) is 0 Å². The standard InChI is InChI=1S/C24H22F3N7O7/c1-32(20(35)11-2-3-11)34(23(37,38)17-7-5-13(9-29-17)22(25,26)27)21(36)12-4-6-16-14(8-12)18-15(19(28)31-16)10-30-33(18)24(39,40)41/h4-11,37-41H,2-3H2,1H3,(H2,28,31). The molecule has 7 N–H and O–H groups in total. The van der Waals surface area contributed by atoms with Crippen LogP contribution in [-0.4, -0.2) is 74.2 Å². The molecule has 1 aliphatic rings. The van der Waals surface area contributed by atoms with E-state index in [1.54, 1.807) is 0 Å². The predicted molar refractivity (Wildman–Crippen MR) is 131 cm³/mol. The lowest BCUT2D eigenvalue weighted by molar-refractivity contribution is -0.378. The van der Waals surface area contributed by atoms with Gasteiger partial charge in [-0.1, -0.05) is 0 Å². The number of anilines is 1. The van der Waals surface area contributed by atoms with Crippen molar-refractivity contribution in [3.63, 3.8) is 0 Å². The zero-order chi connectivity index (χ0) is 30.1. The highest BCUT2D eigenvalue weighted by molar-refractivity contribution is 6.10. The minimum absolute atomic E-state index is 0.00401. The molecule has 216 valence electrons. The van der Waals surface area contributed by atoms with Gasteiger partial charge in [0.2, 0.25) is 5.91 Å². The summed E-state index contributed by atoms with van der Waals surface area (Å²) in [5, 5.41) is 56.2. The summed E-state index contributed by atoms with van der Waals surface area (Å²) >= 11 is 0. The van der Waals surface area contributed by atoms with Crippen molar-refractivity contribution in [1.82, 2.24) is 29.8 Å². The summed E-state index contributed by atoms with van der Waals surface area (Å²) in [7, 11) is 1.08. The van der Waals surface area contributed by atoms with Crippen LogP contribution in [0.2, 0.25) is 0 Å². The van der Waals surface area contributed by atoms with Crippen LogP contribution in [0.15, 0.2) is 42.7 Å². The molecule has 1 aromatic carbocycles. The maximum absolute atomic E-state index is 13.8. The number of hydrogen-bond acceptors (Lipinski definition) is 11. The van der Waals surface area contributed by atoms with Gasteiger partial charge in [0.05, 0.1) is 28.2 Å². The van der Waals surface area contributed by atoms with E-state index >= 15 is 0 Å². The Labute approximate surface area is 227 Å². The normalized spacial score (nSPS) is 14.5. The molecule has 1 aliphatic carbocycles. The number of carbonyl (C=O) groups excluding carboxylic acids is 2. The smallest absolute Gasteiger partial charge is 0.383 e. The number of halogens is 3. The van der Waals surface area contributed by atoms with E-state index in [2.05, 4.69) is 15.1 Å². The van der Waals surface area contributed by atoms with E-state index in [0.29, 0.717) is 40.9 Å². The number of carbonyl (C=O) groups is 2. The second kappa shape index (κ2) is 9.32. The fraction of sp³-hybridized carbons (Fsp3) is 0.292. The Morgan fingerprint density at radius 1 is 1.02 bits per heavy atom. The number of aromatic nitrogens is 4. The molecule has 41 heavy (non-hydrogen) atoms. The van der Waals surface area contributed by atoms with Crippen molar-refractivity contribution >= 4 is 39.4 Å². The average Bonchev–Trinajstić information content (AvgIpc) is 3.63. The van der Waals surface area contributed by atoms with E-state index in [0.717, 1.165) is 19.3 Å². The molecule has 0 spiro atoms. The second-order valence-corrected chi connectivity index (χ2v) is 9.47. The number of aliphatic hydroxyl groups is 5. The highest BCUT2D eigenvalue weighted by atomic mass is 19.4. The van der Waals surface area contributed by atoms with Gasteiger partial charge < -0.3 is 31.3 Å². The van der Waals surface area contributed by atoms with Crippen LogP contribution in [0.1, 0.15) is 34.5 Å². The number of alkyl halides is 3. The number of fused-ring (bicyclic) bond motifs is 3. The molecular formula is C24H22F3N7O7. The van der Waals surface area contributed by atoms with Gasteiger partial charge >= 0.3 is 18.2 Å². The number of rotatable bonds is 5. The van der Waals surface area contributed by atoms with Crippen molar-refractivity contribution in [3.8, 4) is 0 Å². The number of nitrogens with zero attached hydrogens (tertiary/aromatic N) is 6. The van der Waals surface area contributed by atoms with Crippen molar-refractivity contribution < 1.29 is 48.3 Å². The molecule has 2 amide bonds. The molecule has 3 heterocycles. The molecule has 5 rings (SSSR count). The number of amides is 2. The van der Waals surface area contributed by atoms with Gasteiger partial charge in [0.15, 0.2) is 0 Å². The first-order valence-electron chi connectivity index (χ1n) is 11.9. The zero-order valence-corrected chi connectivity index (χ0v) is 21.0. The number of benzene rings is 1. The Balaban J connectivity index is 1.65. The minimum atomic E-state index is -4.77. The molecule has 0 radical (unpaired) electrons.